The van der Waals surface area contributed by atoms with Gasteiger partial charge in [-0.2, -0.15) is 0 Å². The van der Waals surface area contributed by atoms with E-state index in [2.05, 4.69) is 155 Å². The molecule has 0 aliphatic rings. The fourth-order valence-electron chi connectivity index (χ4n) is 4.29. The van der Waals surface area contributed by atoms with E-state index in [1.807, 2.05) is 0 Å². The summed E-state index contributed by atoms with van der Waals surface area (Å²) in [5.74, 6) is 0. The maximum Gasteiger partial charge on any atom is 0.0481 e. The van der Waals surface area contributed by atoms with Crippen LogP contribution >= 0.6 is 0 Å². The summed E-state index contributed by atoms with van der Waals surface area (Å²) in [4.78, 5) is 4.73. The Labute approximate surface area is 202 Å². The van der Waals surface area contributed by atoms with E-state index < -0.39 is 0 Å². The van der Waals surface area contributed by atoms with Crippen LogP contribution in [0.1, 0.15) is 11.1 Å². The zero-order valence-corrected chi connectivity index (χ0v) is 19.2. The molecule has 0 unspecified atom stereocenters. The van der Waals surface area contributed by atoms with E-state index in [-0.39, 0.29) is 0 Å². The van der Waals surface area contributed by atoms with Crippen LogP contribution in [0.4, 0.5) is 22.7 Å². The smallest absolute Gasteiger partial charge is 0.0481 e. The number of hydrogen-bond donors (Lipinski definition) is 0. The van der Waals surface area contributed by atoms with Gasteiger partial charge in [0.1, 0.15) is 0 Å². The largest absolute Gasteiger partial charge is 0.337 e. The highest BCUT2D eigenvalue weighted by Crippen LogP contribution is 2.29. The minimum Gasteiger partial charge on any atom is -0.337 e. The zero-order valence-electron chi connectivity index (χ0n) is 19.2. The van der Waals surface area contributed by atoms with Crippen molar-refractivity contribution in [1.82, 2.24) is 0 Å². The summed E-state index contributed by atoms with van der Waals surface area (Å²) in [7, 11) is 0. The Bertz CT molecular complexity index is 1110. The third-order valence-electron chi connectivity index (χ3n) is 5.94. The van der Waals surface area contributed by atoms with Crippen LogP contribution in [-0.2, 0) is 13.1 Å². The van der Waals surface area contributed by atoms with Gasteiger partial charge in [0.15, 0.2) is 0 Å². The summed E-state index contributed by atoms with van der Waals surface area (Å²) in [6, 6.07) is 51.3. The Morgan fingerprint density at radius 1 is 0.324 bits per heavy atom. The van der Waals surface area contributed by atoms with Crippen molar-refractivity contribution in [2.75, 3.05) is 9.80 Å². The summed E-state index contributed by atoms with van der Waals surface area (Å²) in [5, 5.41) is 0. The molecular weight excluding hydrogens is 412 g/mol. The second kappa shape index (κ2) is 10.5. The van der Waals surface area contributed by atoms with Crippen LogP contribution < -0.4 is 9.80 Å². The van der Waals surface area contributed by atoms with Crippen molar-refractivity contribution in [2.24, 2.45) is 0 Å². The zero-order chi connectivity index (χ0) is 23.0. The van der Waals surface area contributed by atoms with Gasteiger partial charge in [0.2, 0.25) is 0 Å². The molecule has 0 bridgehead atoms. The first-order valence-corrected chi connectivity index (χ1v) is 11.7. The summed E-state index contributed by atoms with van der Waals surface area (Å²) in [5.41, 5.74) is 7.32. The molecule has 0 aliphatic carbocycles. The summed E-state index contributed by atoms with van der Waals surface area (Å²) in [6.45, 7) is 1.61. The molecule has 0 amide bonds. The summed E-state index contributed by atoms with van der Waals surface area (Å²) >= 11 is 0. The fourth-order valence-corrected chi connectivity index (χ4v) is 4.29. The second-order valence-electron chi connectivity index (χ2n) is 8.33. The number of hydrogen-bond acceptors (Lipinski definition) is 2. The van der Waals surface area contributed by atoms with Crippen molar-refractivity contribution in [2.45, 2.75) is 13.1 Å². The molecule has 5 aromatic rings. The molecule has 34 heavy (non-hydrogen) atoms. The molecule has 2 heteroatoms. The molecule has 166 valence electrons. The Morgan fingerprint density at radius 3 is 0.912 bits per heavy atom. The average molecular weight is 441 g/mol. The summed E-state index contributed by atoms with van der Waals surface area (Å²) < 4.78 is 0. The van der Waals surface area contributed by atoms with Crippen molar-refractivity contribution >= 4 is 22.7 Å². The summed E-state index contributed by atoms with van der Waals surface area (Å²) in [6.07, 6.45) is 0. The van der Waals surface area contributed by atoms with Gasteiger partial charge in [-0.3, -0.25) is 0 Å². The Hall–Kier alpha value is -4.30. The SMILES string of the molecule is c1ccc(N(Cc2cccc(CN(c3ccccc3)c3ccccc3)c2)c2ccccc2)cc1. The lowest BCUT2D eigenvalue weighted by atomic mass is 10.1. The van der Waals surface area contributed by atoms with E-state index in [0.29, 0.717) is 0 Å². The van der Waals surface area contributed by atoms with Gasteiger partial charge in [0, 0.05) is 35.8 Å². The van der Waals surface area contributed by atoms with Crippen molar-refractivity contribution in [3.8, 4) is 0 Å². The lowest BCUT2D eigenvalue weighted by Crippen LogP contribution is -2.18. The molecule has 0 heterocycles. The topological polar surface area (TPSA) is 6.48 Å². The highest BCUT2D eigenvalue weighted by molar-refractivity contribution is 5.64. The van der Waals surface area contributed by atoms with Crippen molar-refractivity contribution in [1.29, 1.82) is 0 Å². The molecule has 5 aromatic carbocycles. The molecule has 0 radical (unpaired) electrons. The van der Waals surface area contributed by atoms with E-state index in [1.165, 1.54) is 33.9 Å². The molecule has 2 nitrogen and oxygen atoms in total. The average Bonchev–Trinajstić information content (AvgIpc) is 2.92. The third kappa shape index (κ3) is 5.19. The predicted molar refractivity (Wildman–Crippen MR) is 144 cm³/mol. The number of nitrogens with zero attached hydrogens (tertiary/aromatic N) is 2. The van der Waals surface area contributed by atoms with E-state index >= 15 is 0 Å². The van der Waals surface area contributed by atoms with Gasteiger partial charge in [-0.25, -0.2) is 0 Å². The molecule has 0 aromatic heterocycles. The molecule has 5 rings (SSSR count). The molecule has 0 N–H and O–H groups in total. The monoisotopic (exact) mass is 440 g/mol. The van der Waals surface area contributed by atoms with Gasteiger partial charge in [-0.15, -0.1) is 0 Å². The molecular formula is C32H28N2. The van der Waals surface area contributed by atoms with E-state index in [1.54, 1.807) is 0 Å². The van der Waals surface area contributed by atoms with Crippen LogP contribution in [0, 0.1) is 0 Å². The van der Waals surface area contributed by atoms with Gasteiger partial charge in [-0.05, 0) is 59.7 Å². The van der Waals surface area contributed by atoms with Crippen LogP contribution in [0.15, 0.2) is 146 Å². The first-order valence-electron chi connectivity index (χ1n) is 11.7. The highest BCUT2D eigenvalue weighted by atomic mass is 15.1. The molecule has 0 aliphatic heterocycles. The molecule has 0 fully saturated rings. The second-order valence-corrected chi connectivity index (χ2v) is 8.33. The minimum atomic E-state index is 0.804. The maximum absolute atomic E-state index is 2.37. The molecule has 0 saturated heterocycles. The van der Waals surface area contributed by atoms with Crippen LogP contribution in [0.3, 0.4) is 0 Å². The maximum atomic E-state index is 2.37. The molecule has 0 saturated carbocycles. The van der Waals surface area contributed by atoms with E-state index in [9.17, 15) is 0 Å². The number of rotatable bonds is 8. The first kappa shape index (κ1) is 21.5. The van der Waals surface area contributed by atoms with Gasteiger partial charge in [0.25, 0.3) is 0 Å². The standard InChI is InChI=1S/C32H28N2/c1-5-16-29(17-6-1)33(30-18-7-2-8-19-30)25-27-14-13-15-28(24-27)26-34(31-20-9-3-10-21-31)32-22-11-4-12-23-32/h1-24H,25-26H2. The van der Waals surface area contributed by atoms with Crippen molar-refractivity contribution in [3.63, 3.8) is 0 Å². The van der Waals surface area contributed by atoms with Crippen molar-refractivity contribution in [3.05, 3.63) is 157 Å². The molecule has 0 atom stereocenters. The van der Waals surface area contributed by atoms with Crippen LogP contribution in [0.2, 0.25) is 0 Å². The van der Waals surface area contributed by atoms with Gasteiger partial charge in [0.05, 0.1) is 0 Å². The number of para-hydroxylation sites is 4. The van der Waals surface area contributed by atoms with Crippen LogP contribution in [0.25, 0.3) is 0 Å². The molecule has 0 spiro atoms. The van der Waals surface area contributed by atoms with Gasteiger partial charge >= 0.3 is 0 Å². The number of benzene rings is 5. The van der Waals surface area contributed by atoms with Crippen molar-refractivity contribution < 1.29 is 0 Å². The highest BCUT2D eigenvalue weighted by Gasteiger charge is 2.13. The third-order valence-corrected chi connectivity index (χ3v) is 5.94. The lowest BCUT2D eigenvalue weighted by Gasteiger charge is -2.27. The minimum absolute atomic E-state index is 0.804. The normalized spacial score (nSPS) is 10.6. The van der Waals surface area contributed by atoms with E-state index in [0.717, 1.165) is 13.1 Å². The lowest BCUT2D eigenvalue weighted by molar-refractivity contribution is 0.945. The Balaban J connectivity index is 1.44. The Kier molecular flexibility index (Phi) is 6.68. The van der Waals surface area contributed by atoms with Crippen LogP contribution in [-0.4, -0.2) is 0 Å². The Morgan fingerprint density at radius 2 is 0.618 bits per heavy atom. The first-order chi connectivity index (χ1) is 16.9. The van der Waals surface area contributed by atoms with Gasteiger partial charge < -0.3 is 9.80 Å². The number of anilines is 4. The van der Waals surface area contributed by atoms with Crippen LogP contribution in [0.5, 0.6) is 0 Å². The fraction of sp³-hybridized carbons (Fsp3) is 0.0625. The predicted octanol–water partition coefficient (Wildman–Crippen LogP) is 8.36. The van der Waals surface area contributed by atoms with Gasteiger partial charge in [-0.1, -0.05) is 97.1 Å². The van der Waals surface area contributed by atoms with E-state index in [4.69, 9.17) is 0 Å². The quantitative estimate of drug-likeness (QED) is 0.239.